The molecule has 0 aromatic rings. The number of sulfonamides is 1. The fourth-order valence-corrected chi connectivity index (χ4v) is 4.13. The minimum atomic E-state index is -3.62. The van der Waals surface area contributed by atoms with Gasteiger partial charge in [-0.3, -0.25) is 0 Å². The molecule has 1 aliphatic rings. The Morgan fingerprint density at radius 1 is 1.54 bits per heavy atom. The van der Waals surface area contributed by atoms with Gasteiger partial charge in [0, 0.05) is 23.8 Å². The van der Waals surface area contributed by atoms with Crippen LogP contribution in [0.5, 0.6) is 0 Å². The highest BCUT2D eigenvalue weighted by Gasteiger charge is 2.36. The smallest absolute Gasteiger partial charge is 0.212 e. The van der Waals surface area contributed by atoms with E-state index >= 15 is 0 Å². The average Bonchev–Trinajstić information content (AvgIpc) is 2.13. The van der Waals surface area contributed by atoms with Crippen LogP contribution in [0.2, 0.25) is 0 Å². The molecule has 1 saturated heterocycles. The second kappa shape index (κ2) is 3.38. The van der Waals surface area contributed by atoms with E-state index in [1.54, 1.807) is 0 Å². The van der Waals surface area contributed by atoms with Crippen molar-refractivity contribution in [3.63, 3.8) is 0 Å². The van der Waals surface area contributed by atoms with Gasteiger partial charge in [0.05, 0.1) is 11.5 Å². The van der Waals surface area contributed by atoms with Gasteiger partial charge in [0.15, 0.2) is 0 Å². The fraction of sp³-hybridized carbons (Fsp3) is 1.00. The van der Waals surface area contributed by atoms with E-state index in [0.29, 0.717) is 6.42 Å². The van der Waals surface area contributed by atoms with Crippen molar-refractivity contribution in [1.29, 1.82) is 0 Å². The third kappa shape index (κ3) is 2.80. The van der Waals surface area contributed by atoms with Crippen LogP contribution in [0, 0.1) is 0 Å². The maximum Gasteiger partial charge on any atom is 0.234 e. The highest BCUT2D eigenvalue weighted by molar-refractivity contribution is 8.13. The van der Waals surface area contributed by atoms with Gasteiger partial charge >= 0.3 is 0 Å². The number of rotatable bonds is 2. The van der Waals surface area contributed by atoms with Crippen LogP contribution >= 0.6 is 10.7 Å². The molecule has 0 aromatic heterocycles. The Balaban J connectivity index is 2.78. The summed E-state index contributed by atoms with van der Waals surface area (Å²) in [6.45, 7) is 0. The van der Waals surface area contributed by atoms with E-state index in [0.717, 1.165) is 4.31 Å². The summed E-state index contributed by atoms with van der Waals surface area (Å²) in [5, 5.41) is 0. The van der Waals surface area contributed by atoms with Crippen molar-refractivity contribution >= 4 is 29.8 Å². The molecular formula is C5H10ClNO4S2. The molecule has 8 heteroatoms. The minimum Gasteiger partial charge on any atom is -0.212 e. The lowest BCUT2D eigenvalue weighted by atomic mass is 10.3. The first-order valence-corrected chi connectivity index (χ1v) is 7.69. The molecule has 1 aliphatic heterocycles. The minimum absolute atomic E-state index is 0.000571. The molecule has 5 nitrogen and oxygen atoms in total. The zero-order valence-corrected chi connectivity index (χ0v) is 9.36. The largest absolute Gasteiger partial charge is 0.234 e. The molecule has 1 unspecified atom stereocenters. The van der Waals surface area contributed by atoms with Crippen molar-refractivity contribution in [2.45, 2.75) is 12.5 Å². The summed E-state index contributed by atoms with van der Waals surface area (Å²) >= 11 is 0. The van der Waals surface area contributed by atoms with E-state index in [2.05, 4.69) is 0 Å². The van der Waals surface area contributed by atoms with Crippen molar-refractivity contribution in [3.05, 3.63) is 0 Å². The van der Waals surface area contributed by atoms with Crippen molar-refractivity contribution in [2.24, 2.45) is 0 Å². The van der Waals surface area contributed by atoms with Crippen LogP contribution in [0.15, 0.2) is 0 Å². The summed E-state index contributed by atoms with van der Waals surface area (Å²) < 4.78 is 44.7. The van der Waals surface area contributed by atoms with E-state index in [9.17, 15) is 16.8 Å². The summed E-state index contributed by atoms with van der Waals surface area (Å²) in [5.41, 5.74) is 0. The predicted molar refractivity (Wildman–Crippen MR) is 49.6 cm³/mol. The van der Waals surface area contributed by atoms with E-state index in [-0.39, 0.29) is 11.5 Å². The lowest BCUT2D eigenvalue weighted by Gasteiger charge is -2.15. The molecule has 0 spiro atoms. The molecule has 1 heterocycles. The highest BCUT2D eigenvalue weighted by Crippen LogP contribution is 2.20. The van der Waals surface area contributed by atoms with E-state index in [4.69, 9.17) is 10.7 Å². The van der Waals surface area contributed by atoms with Gasteiger partial charge < -0.3 is 0 Å². The van der Waals surface area contributed by atoms with Gasteiger partial charge in [0.25, 0.3) is 0 Å². The summed E-state index contributed by atoms with van der Waals surface area (Å²) in [6.07, 6.45) is 0.324. The average molecular weight is 248 g/mol. The number of hydrogen-bond donors (Lipinski definition) is 0. The van der Waals surface area contributed by atoms with Crippen LogP contribution in [0.4, 0.5) is 0 Å². The Bertz CT molecular complexity index is 387. The van der Waals surface area contributed by atoms with Gasteiger partial charge in [0.1, 0.15) is 0 Å². The molecule has 0 bridgehead atoms. The lowest BCUT2D eigenvalue weighted by molar-refractivity contribution is 0.421. The summed E-state index contributed by atoms with van der Waals surface area (Å²) in [6, 6.07) is -0.507. The Hall–Kier alpha value is 0.150. The second-order valence-electron chi connectivity index (χ2n) is 2.98. The Morgan fingerprint density at radius 2 is 2.08 bits per heavy atom. The molecule has 0 N–H and O–H groups in total. The quantitative estimate of drug-likeness (QED) is 0.622. The van der Waals surface area contributed by atoms with E-state index in [1.165, 1.54) is 7.05 Å². The second-order valence-corrected chi connectivity index (χ2v) is 7.95. The van der Waals surface area contributed by atoms with Crippen LogP contribution in [0.25, 0.3) is 0 Å². The summed E-state index contributed by atoms with van der Waals surface area (Å²) in [5.74, 6) is -0.315. The number of nitrogens with zero attached hydrogens (tertiary/aromatic N) is 1. The highest BCUT2D eigenvalue weighted by atomic mass is 35.7. The topological polar surface area (TPSA) is 71.5 Å². The van der Waals surface area contributed by atoms with Crippen LogP contribution in [-0.2, 0) is 19.1 Å². The Labute approximate surface area is 82.1 Å². The van der Waals surface area contributed by atoms with Gasteiger partial charge in [-0.25, -0.2) is 21.1 Å². The molecule has 0 saturated carbocycles. The molecule has 0 aromatic carbocycles. The number of halogens is 1. The lowest BCUT2D eigenvalue weighted by Crippen LogP contribution is -2.33. The third-order valence-corrected chi connectivity index (χ3v) is 5.14. The standard InChI is InChI=1S/C5H10ClNO4S2/c1-7-5(4-12(6,8)9)2-3-13(7,10)11/h5H,2-4H2,1H3. The monoisotopic (exact) mass is 247 g/mol. The van der Waals surface area contributed by atoms with Crippen molar-refractivity contribution in [3.8, 4) is 0 Å². The summed E-state index contributed by atoms with van der Waals surface area (Å²) in [7, 11) is -0.468. The van der Waals surface area contributed by atoms with Crippen LogP contribution in [0.1, 0.15) is 6.42 Å². The molecular weight excluding hydrogens is 238 g/mol. The van der Waals surface area contributed by atoms with Crippen molar-refractivity contribution in [2.75, 3.05) is 18.6 Å². The zero-order chi connectivity index (χ0) is 10.3. The fourth-order valence-electron chi connectivity index (χ4n) is 1.26. The molecule has 13 heavy (non-hydrogen) atoms. The van der Waals surface area contributed by atoms with Crippen LogP contribution in [0.3, 0.4) is 0 Å². The van der Waals surface area contributed by atoms with Crippen molar-refractivity contribution < 1.29 is 16.8 Å². The van der Waals surface area contributed by atoms with E-state index < -0.39 is 25.1 Å². The normalized spacial score (nSPS) is 29.2. The van der Waals surface area contributed by atoms with Gasteiger partial charge in [-0.2, -0.15) is 0 Å². The molecule has 1 fully saturated rings. The Kier molecular flexibility index (Phi) is 2.92. The predicted octanol–water partition coefficient (Wildman–Crippen LogP) is -0.411. The first-order chi connectivity index (χ1) is 5.72. The molecule has 1 atom stereocenters. The third-order valence-electron chi connectivity index (χ3n) is 2.05. The number of hydrogen-bond acceptors (Lipinski definition) is 4. The van der Waals surface area contributed by atoms with Gasteiger partial charge in [-0.15, -0.1) is 0 Å². The molecule has 78 valence electrons. The molecule has 0 amide bonds. The van der Waals surface area contributed by atoms with E-state index in [1.807, 2.05) is 0 Å². The first-order valence-electron chi connectivity index (χ1n) is 3.60. The summed E-state index contributed by atoms with van der Waals surface area (Å²) in [4.78, 5) is 0. The first kappa shape index (κ1) is 11.2. The molecule has 0 radical (unpaired) electrons. The Morgan fingerprint density at radius 3 is 2.38 bits per heavy atom. The maximum absolute atomic E-state index is 11.1. The van der Waals surface area contributed by atoms with Crippen LogP contribution in [-0.4, -0.2) is 45.7 Å². The van der Waals surface area contributed by atoms with Gasteiger partial charge in [0.2, 0.25) is 19.1 Å². The molecule has 0 aliphatic carbocycles. The maximum atomic E-state index is 11.1. The SMILES string of the molecule is CN1C(CS(=O)(=O)Cl)CCS1(=O)=O. The van der Waals surface area contributed by atoms with Crippen LogP contribution < -0.4 is 0 Å². The zero-order valence-electron chi connectivity index (χ0n) is 6.97. The van der Waals surface area contributed by atoms with Crippen molar-refractivity contribution in [1.82, 2.24) is 4.31 Å². The molecule has 1 rings (SSSR count). The van der Waals surface area contributed by atoms with Gasteiger partial charge in [-0.05, 0) is 6.42 Å². The van der Waals surface area contributed by atoms with Gasteiger partial charge in [-0.1, -0.05) is 0 Å².